The molecule has 0 aromatic heterocycles. The van der Waals surface area contributed by atoms with Gasteiger partial charge < -0.3 is 19.7 Å². The number of carbonyl (C=O) groups is 2. The van der Waals surface area contributed by atoms with Crippen LogP contribution >= 0.6 is 0 Å². The minimum atomic E-state index is -3.43. The summed E-state index contributed by atoms with van der Waals surface area (Å²) < 4.78 is 35.7. The first-order valence-corrected chi connectivity index (χ1v) is 13.0. The van der Waals surface area contributed by atoms with Crippen LogP contribution in [0.2, 0.25) is 0 Å². The lowest BCUT2D eigenvalue weighted by Gasteiger charge is -2.28. The molecule has 2 aromatic carbocycles. The van der Waals surface area contributed by atoms with E-state index in [0.29, 0.717) is 34.9 Å². The van der Waals surface area contributed by atoms with Crippen LogP contribution in [0.15, 0.2) is 36.4 Å². The molecule has 0 saturated heterocycles. The number of methoxy groups -OCH3 is 1. The van der Waals surface area contributed by atoms with Crippen molar-refractivity contribution in [1.82, 2.24) is 4.90 Å². The number of rotatable bonds is 9. The van der Waals surface area contributed by atoms with E-state index < -0.39 is 15.9 Å². The van der Waals surface area contributed by atoms with Crippen LogP contribution in [0.4, 0.5) is 5.69 Å². The van der Waals surface area contributed by atoms with Gasteiger partial charge in [0.1, 0.15) is 9.84 Å². The first kappa shape index (κ1) is 25.6. The summed E-state index contributed by atoms with van der Waals surface area (Å²) in [5.41, 5.74) is 2.28. The van der Waals surface area contributed by atoms with Crippen LogP contribution in [-0.2, 0) is 21.2 Å². The van der Waals surface area contributed by atoms with Gasteiger partial charge in [-0.1, -0.05) is 25.6 Å². The van der Waals surface area contributed by atoms with Gasteiger partial charge in [0.05, 0.1) is 36.8 Å². The lowest BCUT2D eigenvalue weighted by Crippen LogP contribution is -2.34. The molecule has 2 aromatic rings. The minimum Gasteiger partial charge on any atom is -0.493 e. The predicted octanol–water partition coefficient (Wildman–Crippen LogP) is 3.82. The Bertz CT molecular complexity index is 1190. The van der Waals surface area contributed by atoms with Crippen molar-refractivity contribution >= 4 is 27.3 Å². The van der Waals surface area contributed by atoms with Gasteiger partial charge in [0.25, 0.3) is 5.91 Å². The van der Waals surface area contributed by atoms with E-state index in [1.54, 1.807) is 35.2 Å². The van der Waals surface area contributed by atoms with Crippen molar-refractivity contribution in [2.24, 2.45) is 5.92 Å². The Morgan fingerprint density at radius 1 is 1.21 bits per heavy atom. The van der Waals surface area contributed by atoms with Gasteiger partial charge in [-0.25, -0.2) is 8.42 Å². The van der Waals surface area contributed by atoms with E-state index in [4.69, 9.17) is 9.47 Å². The summed E-state index contributed by atoms with van der Waals surface area (Å²) in [6, 6.07) is 9.81. The average molecular weight is 489 g/mol. The first-order valence-electron chi connectivity index (χ1n) is 10.9. The van der Waals surface area contributed by atoms with Crippen molar-refractivity contribution < 1.29 is 27.5 Å². The molecular weight excluding hydrogens is 456 g/mol. The quantitative estimate of drug-likeness (QED) is 0.576. The molecule has 0 unspecified atom stereocenters. The first-order chi connectivity index (χ1) is 15.7. The largest absolute Gasteiger partial charge is 0.493 e. The second kappa shape index (κ2) is 10.0. The fraction of sp³-hybridized carbons (Fsp3) is 0.440. The van der Waals surface area contributed by atoms with Crippen LogP contribution < -0.4 is 14.8 Å². The van der Waals surface area contributed by atoms with E-state index in [0.717, 1.165) is 24.7 Å². The lowest BCUT2D eigenvalue weighted by atomic mass is 10.1. The summed E-state index contributed by atoms with van der Waals surface area (Å²) in [6.07, 6.45) is 2.87. The number of anilines is 1. The van der Waals surface area contributed by atoms with Gasteiger partial charge in [-0.05, 0) is 49.1 Å². The predicted molar refractivity (Wildman–Crippen MR) is 131 cm³/mol. The molecule has 0 radical (unpaired) electrons. The second-order valence-electron chi connectivity index (χ2n) is 8.49. The molecule has 8 nitrogen and oxygen atoms in total. The van der Waals surface area contributed by atoms with Crippen LogP contribution in [0.3, 0.4) is 0 Å². The van der Waals surface area contributed by atoms with Crippen molar-refractivity contribution in [2.75, 3.05) is 31.0 Å². The highest BCUT2D eigenvalue weighted by Crippen LogP contribution is 2.39. The highest BCUT2D eigenvalue weighted by atomic mass is 32.2. The number of benzene rings is 2. The van der Waals surface area contributed by atoms with Crippen LogP contribution in [0.1, 0.15) is 54.7 Å². The Balaban J connectivity index is 0.00000324. The van der Waals surface area contributed by atoms with Crippen LogP contribution in [-0.4, -0.2) is 50.9 Å². The fourth-order valence-corrected chi connectivity index (χ4v) is 5.09. The molecule has 1 heterocycles. The molecule has 1 aliphatic carbocycles. The van der Waals surface area contributed by atoms with E-state index in [2.05, 4.69) is 5.32 Å². The Kier molecular flexibility index (Phi) is 7.55. The van der Waals surface area contributed by atoms with E-state index >= 15 is 0 Å². The molecule has 34 heavy (non-hydrogen) atoms. The fourth-order valence-electron chi connectivity index (χ4n) is 4.14. The number of carbonyl (C=O) groups excluding carboxylic acids is 2. The van der Waals surface area contributed by atoms with Crippen LogP contribution in [0, 0.1) is 5.92 Å². The summed E-state index contributed by atoms with van der Waals surface area (Å²) >= 11 is 0. The SMILES string of the molecule is C.CCOc1cc([C@@H](CS(C)(=O)=O)N2Cc3cccc(NC(=O)C4CC4)c3C2=O)ccc1OC. The monoisotopic (exact) mass is 488 g/mol. The maximum Gasteiger partial charge on any atom is 0.257 e. The van der Waals surface area contributed by atoms with Crippen molar-refractivity contribution in [3.8, 4) is 11.5 Å². The third-order valence-corrected chi connectivity index (χ3v) is 6.80. The highest BCUT2D eigenvalue weighted by Gasteiger charge is 2.38. The third-order valence-electron chi connectivity index (χ3n) is 5.88. The van der Waals surface area contributed by atoms with E-state index in [9.17, 15) is 18.0 Å². The third kappa shape index (κ3) is 5.35. The topological polar surface area (TPSA) is 102 Å². The molecule has 1 aliphatic heterocycles. The minimum absolute atomic E-state index is 0. The lowest BCUT2D eigenvalue weighted by molar-refractivity contribution is -0.117. The zero-order valence-corrected chi connectivity index (χ0v) is 19.8. The zero-order valence-electron chi connectivity index (χ0n) is 19.0. The molecule has 184 valence electrons. The van der Waals surface area contributed by atoms with E-state index in [1.807, 2.05) is 13.0 Å². The molecule has 0 spiro atoms. The summed E-state index contributed by atoms with van der Waals surface area (Å²) in [5.74, 6) is 0.382. The van der Waals surface area contributed by atoms with Gasteiger partial charge in [-0.2, -0.15) is 0 Å². The number of ether oxygens (including phenoxy) is 2. The normalized spacial score (nSPS) is 15.9. The van der Waals surface area contributed by atoms with Gasteiger partial charge in [0.15, 0.2) is 11.5 Å². The summed E-state index contributed by atoms with van der Waals surface area (Å²) in [5, 5.41) is 2.88. The Morgan fingerprint density at radius 2 is 1.94 bits per heavy atom. The molecule has 9 heteroatoms. The maximum absolute atomic E-state index is 13.5. The standard InChI is InChI=1S/C24H28N2O6S.CH4/c1-4-32-21-12-16(10-11-20(21)31-2)19(14-33(3,29)30)26-13-17-6-5-7-18(22(17)24(26)28)25-23(27)15-8-9-15;/h5-7,10-12,15,19H,4,8-9,13-14H2,1-3H3,(H,25,27);1H4/t19-;/m1./s1. The van der Waals surface area contributed by atoms with Crippen molar-refractivity contribution in [3.63, 3.8) is 0 Å². The van der Waals surface area contributed by atoms with Crippen molar-refractivity contribution in [2.45, 2.75) is 39.8 Å². The number of fused-ring (bicyclic) bond motifs is 1. The molecule has 1 fully saturated rings. The Hall–Kier alpha value is -3.07. The molecule has 1 saturated carbocycles. The van der Waals surface area contributed by atoms with Gasteiger partial charge in [0, 0.05) is 18.7 Å². The Morgan fingerprint density at radius 3 is 2.56 bits per heavy atom. The van der Waals surface area contributed by atoms with Crippen LogP contribution in [0.25, 0.3) is 0 Å². The van der Waals surface area contributed by atoms with Crippen molar-refractivity contribution in [1.29, 1.82) is 0 Å². The summed E-state index contributed by atoms with van der Waals surface area (Å²) in [4.78, 5) is 27.4. The van der Waals surface area contributed by atoms with E-state index in [-0.39, 0.29) is 37.5 Å². The Labute approximate surface area is 201 Å². The maximum atomic E-state index is 13.5. The van der Waals surface area contributed by atoms with Crippen molar-refractivity contribution in [3.05, 3.63) is 53.1 Å². The molecule has 2 amide bonds. The van der Waals surface area contributed by atoms with Gasteiger partial charge in [-0.15, -0.1) is 0 Å². The summed E-state index contributed by atoms with van der Waals surface area (Å²) in [7, 11) is -1.90. The number of amides is 2. The smallest absolute Gasteiger partial charge is 0.257 e. The van der Waals surface area contributed by atoms with Gasteiger partial charge in [-0.3, -0.25) is 9.59 Å². The van der Waals surface area contributed by atoms with E-state index in [1.165, 1.54) is 7.11 Å². The van der Waals surface area contributed by atoms with Gasteiger partial charge >= 0.3 is 0 Å². The molecule has 1 N–H and O–H groups in total. The molecule has 2 aliphatic rings. The summed E-state index contributed by atoms with van der Waals surface area (Å²) in [6.45, 7) is 2.50. The number of sulfone groups is 1. The van der Waals surface area contributed by atoms with Gasteiger partial charge in [0.2, 0.25) is 5.91 Å². The number of hydrogen-bond donors (Lipinski definition) is 1. The zero-order chi connectivity index (χ0) is 23.8. The molecular formula is C25H32N2O6S. The second-order valence-corrected chi connectivity index (χ2v) is 10.7. The number of nitrogens with zero attached hydrogens (tertiary/aromatic N) is 1. The average Bonchev–Trinajstić information content (AvgIpc) is 3.56. The number of nitrogens with one attached hydrogen (secondary N) is 1. The molecule has 1 atom stereocenters. The number of hydrogen-bond acceptors (Lipinski definition) is 6. The molecule has 4 rings (SSSR count). The molecule has 0 bridgehead atoms. The highest BCUT2D eigenvalue weighted by molar-refractivity contribution is 7.90. The van der Waals surface area contributed by atoms with Crippen LogP contribution in [0.5, 0.6) is 11.5 Å².